The van der Waals surface area contributed by atoms with Crippen molar-refractivity contribution >= 4 is 26.6 Å². The maximum atomic E-state index is 13.3. The molecule has 0 unspecified atom stereocenters. The van der Waals surface area contributed by atoms with Gasteiger partial charge in [0.1, 0.15) is 5.82 Å². The Balaban J connectivity index is 3.33. The highest BCUT2D eigenvalue weighted by molar-refractivity contribution is 7.90. The lowest BCUT2D eigenvalue weighted by Crippen LogP contribution is -2.01. The Labute approximate surface area is 90.9 Å². The number of halogens is 2. The van der Waals surface area contributed by atoms with Crippen LogP contribution in [0.1, 0.15) is 5.56 Å². The lowest BCUT2D eigenvalue weighted by Gasteiger charge is -2.02. The quantitative estimate of drug-likeness (QED) is 0.493. The molecule has 0 spiro atoms. The van der Waals surface area contributed by atoms with Crippen LogP contribution in [0.25, 0.3) is 0 Å². The molecule has 0 atom stereocenters. The first-order valence-electron chi connectivity index (χ1n) is 3.74. The second-order valence-corrected chi connectivity index (χ2v) is 5.18. The third-order valence-electron chi connectivity index (χ3n) is 1.68. The van der Waals surface area contributed by atoms with E-state index in [1.54, 1.807) is 0 Å². The van der Waals surface area contributed by atoms with Crippen LogP contribution in [0.4, 0.5) is 4.39 Å². The molecule has 1 aromatic carbocycles. The molecule has 0 heterocycles. The topological polar surface area (TPSA) is 66.7 Å². The van der Waals surface area contributed by atoms with Gasteiger partial charge < -0.3 is 5.21 Å². The van der Waals surface area contributed by atoms with E-state index in [-0.39, 0.29) is 10.5 Å². The predicted octanol–water partition coefficient (Wildman–Crippen LogP) is 1.60. The van der Waals surface area contributed by atoms with E-state index in [2.05, 4.69) is 5.16 Å². The fourth-order valence-electron chi connectivity index (χ4n) is 0.948. The van der Waals surface area contributed by atoms with Crippen molar-refractivity contribution in [1.82, 2.24) is 0 Å². The van der Waals surface area contributed by atoms with E-state index in [1.165, 1.54) is 6.07 Å². The van der Waals surface area contributed by atoms with Gasteiger partial charge in [-0.15, -0.1) is 0 Å². The van der Waals surface area contributed by atoms with Crippen LogP contribution in [-0.4, -0.2) is 25.1 Å². The second-order valence-electron chi connectivity index (χ2n) is 2.80. The fourth-order valence-corrected chi connectivity index (χ4v) is 1.73. The molecule has 0 saturated carbocycles. The number of nitrogens with zero attached hydrogens (tertiary/aromatic N) is 1. The summed E-state index contributed by atoms with van der Waals surface area (Å²) in [6.45, 7) is 0. The molecule has 0 aliphatic rings. The average Bonchev–Trinajstić information content (AvgIpc) is 2.15. The molecule has 0 aliphatic heterocycles. The molecule has 0 bridgehead atoms. The van der Waals surface area contributed by atoms with Gasteiger partial charge in [-0.1, -0.05) is 16.8 Å². The molecule has 0 aromatic heterocycles. The monoisotopic (exact) mass is 251 g/mol. The van der Waals surface area contributed by atoms with Gasteiger partial charge in [-0.05, 0) is 18.2 Å². The molecular weight excluding hydrogens is 245 g/mol. The highest BCUT2D eigenvalue weighted by Gasteiger charge is 2.13. The Kier molecular flexibility index (Phi) is 3.31. The van der Waals surface area contributed by atoms with Gasteiger partial charge in [0.2, 0.25) is 0 Å². The summed E-state index contributed by atoms with van der Waals surface area (Å²) in [6, 6.07) is 3.13. The van der Waals surface area contributed by atoms with Crippen LogP contribution in [0.5, 0.6) is 0 Å². The van der Waals surface area contributed by atoms with E-state index in [4.69, 9.17) is 16.8 Å². The van der Waals surface area contributed by atoms with Gasteiger partial charge >= 0.3 is 0 Å². The zero-order valence-corrected chi connectivity index (χ0v) is 9.18. The molecule has 15 heavy (non-hydrogen) atoms. The minimum Gasteiger partial charge on any atom is -0.410 e. The zero-order valence-electron chi connectivity index (χ0n) is 7.61. The van der Waals surface area contributed by atoms with Crippen molar-refractivity contribution in [3.63, 3.8) is 0 Å². The van der Waals surface area contributed by atoms with Crippen LogP contribution in [0, 0.1) is 5.82 Å². The average molecular weight is 252 g/mol. The van der Waals surface area contributed by atoms with Gasteiger partial charge in [0, 0.05) is 6.26 Å². The van der Waals surface area contributed by atoms with Crippen LogP contribution in [-0.2, 0) is 9.84 Å². The summed E-state index contributed by atoms with van der Waals surface area (Å²) in [5.41, 5.74) is -0.161. The smallest absolute Gasteiger partial charge is 0.178 e. The molecule has 0 fully saturated rings. The number of benzene rings is 1. The molecule has 0 radical (unpaired) electrons. The summed E-state index contributed by atoms with van der Waals surface area (Å²) < 4.78 is 35.4. The van der Waals surface area contributed by atoms with Gasteiger partial charge in [-0.2, -0.15) is 0 Å². The normalized spacial score (nSPS) is 12.9. The van der Waals surface area contributed by atoms with E-state index in [9.17, 15) is 12.8 Å². The maximum Gasteiger partial charge on any atom is 0.178 e. The Morgan fingerprint density at radius 1 is 1.53 bits per heavy atom. The van der Waals surface area contributed by atoms with E-state index in [1.807, 2.05) is 0 Å². The van der Waals surface area contributed by atoms with E-state index >= 15 is 0 Å². The van der Waals surface area contributed by atoms with E-state index in [0.717, 1.165) is 18.4 Å². The summed E-state index contributed by atoms with van der Waals surface area (Å²) in [6.07, 6.45) is 0.961. The van der Waals surface area contributed by atoms with Crippen molar-refractivity contribution in [3.05, 3.63) is 29.6 Å². The van der Waals surface area contributed by atoms with Gasteiger partial charge in [-0.25, -0.2) is 12.8 Å². The molecule has 1 rings (SSSR count). The summed E-state index contributed by atoms with van der Waals surface area (Å²) in [4.78, 5) is -0.161. The lowest BCUT2D eigenvalue weighted by molar-refractivity contribution is 0.320. The van der Waals surface area contributed by atoms with Gasteiger partial charge in [0.05, 0.1) is 10.5 Å². The number of hydrogen-bond acceptors (Lipinski definition) is 4. The zero-order chi connectivity index (χ0) is 11.6. The van der Waals surface area contributed by atoms with E-state index in [0.29, 0.717) is 0 Å². The number of hydrogen-bond donors (Lipinski definition) is 1. The Bertz CT molecular complexity index is 513. The van der Waals surface area contributed by atoms with Crippen molar-refractivity contribution < 1.29 is 18.0 Å². The van der Waals surface area contributed by atoms with Gasteiger partial charge in [0.25, 0.3) is 0 Å². The summed E-state index contributed by atoms with van der Waals surface area (Å²) in [7, 11) is -3.46. The van der Waals surface area contributed by atoms with Crippen molar-refractivity contribution in [2.45, 2.75) is 4.90 Å². The third kappa shape index (κ3) is 2.66. The number of oxime groups is 1. The van der Waals surface area contributed by atoms with Crippen LogP contribution >= 0.6 is 11.6 Å². The summed E-state index contributed by atoms with van der Waals surface area (Å²) >= 11 is 5.37. The standard InChI is InChI=1S/C8H7ClFNO3S/c1-15(13,14)5-2-3-6(7(10)4-5)8(9)11-12/h2-4,12H,1H3. The Hall–Kier alpha value is -1.14. The molecule has 0 amide bonds. The molecule has 82 valence electrons. The first-order chi connectivity index (χ1) is 6.86. The highest BCUT2D eigenvalue weighted by Crippen LogP contribution is 2.16. The number of rotatable bonds is 2. The van der Waals surface area contributed by atoms with Crippen LogP contribution in [0.15, 0.2) is 28.3 Å². The van der Waals surface area contributed by atoms with Crippen molar-refractivity contribution in [1.29, 1.82) is 0 Å². The summed E-state index contributed by atoms with van der Waals surface area (Å²) in [5.74, 6) is -0.860. The minimum atomic E-state index is -3.46. The van der Waals surface area contributed by atoms with Gasteiger partial charge in [0.15, 0.2) is 15.0 Å². The van der Waals surface area contributed by atoms with Crippen molar-refractivity contribution in [2.24, 2.45) is 5.16 Å². The molecule has 1 aromatic rings. The Morgan fingerprint density at radius 3 is 2.53 bits per heavy atom. The minimum absolute atomic E-state index is 0.161. The molecule has 0 saturated heterocycles. The molecule has 0 aliphatic carbocycles. The predicted molar refractivity (Wildman–Crippen MR) is 53.7 cm³/mol. The van der Waals surface area contributed by atoms with Crippen LogP contribution < -0.4 is 0 Å². The largest absolute Gasteiger partial charge is 0.410 e. The molecule has 4 nitrogen and oxygen atoms in total. The molecule has 7 heteroatoms. The molecule has 1 N–H and O–H groups in total. The lowest BCUT2D eigenvalue weighted by atomic mass is 10.2. The van der Waals surface area contributed by atoms with Crippen LogP contribution in [0.2, 0.25) is 0 Å². The first kappa shape index (κ1) is 11.9. The Morgan fingerprint density at radius 2 is 2.13 bits per heavy atom. The summed E-state index contributed by atoms with van der Waals surface area (Å²) in [5, 5.41) is 10.5. The third-order valence-corrected chi connectivity index (χ3v) is 3.07. The van der Waals surface area contributed by atoms with Crippen molar-refractivity contribution in [2.75, 3.05) is 6.26 Å². The van der Waals surface area contributed by atoms with Crippen molar-refractivity contribution in [3.8, 4) is 0 Å². The maximum absolute atomic E-state index is 13.3. The fraction of sp³-hybridized carbons (Fsp3) is 0.125. The SMILES string of the molecule is CS(=O)(=O)c1ccc(C(Cl)=NO)c(F)c1. The highest BCUT2D eigenvalue weighted by atomic mass is 35.5. The second kappa shape index (κ2) is 4.16. The van der Waals surface area contributed by atoms with E-state index < -0.39 is 20.8 Å². The molecular formula is C8H7ClFNO3S. The first-order valence-corrected chi connectivity index (χ1v) is 6.00. The van der Waals surface area contributed by atoms with Crippen LogP contribution in [0.3, 0.4) is 0 Å². The number of sulfone groups is 1. The van der Waals surface area contributed by atoms with Gasteiger partial charge in [-0.3, -0.25) is 0 Å².